The SMILES string of the molecule is O=C(CSc1nnc(-c2ccccc2F)n1CCc1ccccc1)c1ccc(F)cc1. The van der Waals surface area contributed by atoms with Crippen molar-refractivity contribution >= 4 is 17.5 Å². The van der Waals surface area contributed by atoms with E-state index in [0.29, 0.717) is 35.1 Å². The van der Waals surface area contributed by atoms with E-state index in [4.69, 9.17) is 0 Å². The van der Waals surface area contributed by atoms with Gasteiger partial charge in [0.1, 0.15) is 11.6 Å². The van der Waals surface area contributed by atoms with Gasteiger partial charge < -0.3 is 4.57 Å². The van der Waals surface area contributed by atoms with E-state index in [1.807, 2.05) is 34.9 Å². The molecule has 3 aromatic carbocycles. The second-order valence-electron chi connectivity index (χ2n) is 6.89. The fourth-order valence-corrected chi connectivity index (χ4v) is 4.03. The number of benzene rings is 3. The average Bonchev–Trinajstić information content (AvgIpc) is 3.20. The van der Waals surface area contributed by atoms with Gasteiger partial charge in [-0.3, -0.25) is 4.79 Å². The van der Waals surface area contributed by atoms with Crippen LogP contribution in [0.25, 0.3) is 11.4 Å². The Hall–Kier alpha value is -3.32. The molecule has 0 bridgehead atoms. The minimum atomic E-state index is -0.389. The van der Waals surface area contributed by atoms with Crippen molar-refractivity contribution in [1.82, 2.24) is 14.8 Å². The average molecular weight is 435 g/mol. The summed E-state index contributed by atoms with van der Waals surface area (Å²) in [4.78, 5) is 12.5. The molecule has 0 amide bonds. The summed E-state index contributed by atoms with van der Waals surface area (Å²) in [5.74, 6) is -0.373. The fraction of sp³-hybridized carbons (Fsp3) is 0.125. The molecule has 0 fully saturated rings. The van der Waals surface area contributed by atoms with Gasteiger partial charge in [-0.1, -0.05) is 54.2 Å². The molecule has 0 radical (unpaired) electrons. The molecular weight excluding hydrogens is 416 g/mol. The molecule has 4 nitrogen and oxygen atoms in total. The van der Waals surface area contributed by atoms with Crippen molar-refractivity contribution in [2.45, 2.75) is 18.1 Å². The number of Topliss-reactive ketones (excluding diaryl/α,β-unsaturated/α-hetero) is 1. The molecule has 0 unspecified atom stereocenters. The number of aromatic nitrogens is 3. The molecule has 0 aliphatic rings. The Bertz CT molecular complexity index is 1180. The van der Waals surface area contributed by atoms with Crippen molar-refractivity contribution in [1.29, 1.82) is 0 Å². The number of thioether (sulfide) groups is 1. The lowest BCUT2D eigenvalue weighted by molar-refractivity contribution is 0.102. The molecule has 7 heteroatoms. The smallest absolute Gasteiger partial charge is 0.191 e. The van der Waals surface area contributed by atoms with Crippen LogP contribution < -0.4 is 0 Å². The Morgan fingerprint density at radius 1 is 0.871 bits per heavy atom. The first-order valence-electron chi connectivity index (χ1n) is 9.75. The number of halogens is 2. The molecule has 156 valence electrons. The zero-order valence-electron chi connectivity index (χ0n) is 16.5. The van der Waals surface area contributed by atoms with Crippen LogP contribution in [0.2, 0.25) is 0 Å². The number of rotatable bonds is 8. The van der Waals surface area contributed by atoms with Gasteiger partial charge in [-0.2, -0.15) is 0 Å². The lowest BCUT2D eigenvalue weighted by Gasteiger charge is -2.11. The zero-order chi connectivity index (χ0) is 21.6. The highest BCUT2D eigenvalue weighted by atomic mass is 32.2. The maximum Gasteiger partial charge on any atom is 0.191 e. The highest BCUT2D eigenvalue weighted by Crippen LogP contribution is 2.27. The third-order valence-corrected chi connectivity index (χ3v) is 5.76. The van der Waals surface area contributed by atoms with Gasteiger partial charge in [0.25, 0.3) is 0 Å². The monoisotopic (exact) mass is 435 g/mol. The van der Waals surface area contributed by atoms with E-state index in [-0.39, 0.29) is 23.2 Å². The summed E-state index contributed by atoms with van der Waals surface area (Å²) in [6.45, 7) is 0.535. The minimum Gasteiger partial charge on any atom is -0.302 e. The first-order chi connectivity index (χ1) is 15.1. The summed E-state index contributed by atoms with van der Waals surface area (Å²) >= 11 is 1.23. The number of hydrogen-bond acceptors (Lipinski definition) is 4. The van der Waals surface area contributed by atoms with Gasteiger partial charge in [-0.05, 0) is 48.4 Å². The van der Waals surface area contributed by atoms with Crippen LogP contribution in [-0.2, 0) is 13.0 Å². The summed E-state index contributed by atoms with van der Waals surface area (Å²) in [7, 11) is 0. The summed E-state index contributed by atoms with van der Waals surface area (Å²) in [6, 6.07) is 21.8. The van der Waals surface area contributed by atoms with E-state index in [9.17, 15) is 13.6 Å². The van der Waals surface area contributed by atoms with E-state index >= 15 is 0 Å². The number of hydrogen-bond donors (Lipinski definition) is 0. The van der Waals surface area contributed by atoms with Crippen LogP contribution in [0.1, 0.15) is 15.9 Å². The lowest BCUT2D eigenvalue weighted by Crippen LogP contribution is -2.08. The normalized spacial score (nSPS) is 10.9. The third kappa shape index (κ3) is 5.06. The van der Waals surface area contributed by atoms with E-state index in [2.05, 4.69) is 10.2 Å². The zero-order valence-corrected chi connectivity index (χ0v) is 17.4. The van der Waals surface area contributed by atoms with Crippen LogP contribution in [0.4, 0.5) is 8.78 Å². The quantitative estimate of drug-likeness (QED) is 0.273. The van der Waals surface area contributed by atoms with Gasteiger partial charge in [0, 0.05) is 12.1 Å². The van der Waals surface area contributed by atoms with Gasteiger partial charge in [-0.25, -0.2) is 8.78 Å². The molecule has 0 aliphatic heterocycles. The van der Waals surface area contributed by atoms with Crippen LogP contribution in [0.3, 0.4) is 0 Å². The summed E-state index contributed by atoms with van der Waals surface area (Å²) < 4.78 is 29.4. The fourth-order valence-electron chi connectivity index (χ4n) is 3.17. The maximum absolute atomic E-state index is 14.4. The molecule has 4 rings (SSSR count). The summed E-state index contributed by atoms with van der Waals surface area (Å²) in [6.07, 6.45) is 0.708. The Morgan fingerprint density at radius 2 is 1.58 bits per heavy atom. The van der Waals surface area contributed by atoms with Crippen molar-refractivity contribution in [2.24, 2.45) is 0 Å². The van der Waals surface area contributed by atoms with Crippen LogP contribution in [0, 0.1) is 11.6 Å². The van der Waals surface area contributed by atoms with Gasteiger partial charge in [0.2, 0.25) is 0 Å². The first-order valence-corrected chi connectivity index (χ1v) is 10.7. The molecule has 0 N–H and O–H groups in total. The second-order valence-corrected chi connectivity index (χ2v) is 7.83. The van der Waals surface area contributed by atoms with Crippen molar-refractivity contribution in [3.05, 3.63) is 102 Å². The van der Waals surface area contributed by atoms with Gasteiger partial charge in [0.15, 0.2) is 16.8 Å². The minimum absolute atomic E-state index is 0.117. The Balaban J connectivity index is 1.58. The van der Waals surface area contributed by atoms with Gasteiger partial charge >= 0.3 is 0 Å². The molecule has 0 saturated heterocycles. The van der Waals surface area contributed by atoms with Gasteiger partial charge in [-0.15, -0.1) is 10.2 Å². The highest BCUT2D eigenvalue weighted by Gasteiger charge is 2.18. The van der Waals surface area contributed by atoms with Crippen molar-refractivity contribution in [3.63, 3.8) is 0 Å². The molecular formula is C24H19F2N3OS. The third-order valence-electron chi connectivity index (χ3n) is 4.80. The van der Waals surface area contributed by atoms with E-state index in [1.165, 1.54) is 42.1 Å². The van der Waals surface area contributed by atoms with Crippen molar-refractivity contribution in [3.8, 4) is 11.4 Å². The van der Waals surface area contributed by atoms with E-state index < -0.39 is 0 Å². The number of ketones is 1. The molecule has 4 aromatic rings. The molecule has 1 aromatic heterocycles. The summed E-state index contributed by atoms with van der Waals surface area (Å²) in [5.41, 5.74) is 1.92. The molecule has 0 atom stereocenters. The first kappa shape index (κ1) is 20.9. The van der Waals surface area contributed by atoms with Crippen LogP contribution in [0.15, 0.2) is 84.0 Å². The van der Waals surface area contributed by atoms with Crippen LogP contribution in [-0.4, -0.2) is 26.3 Å². The molecule has 0 saturated carbocycles. The Kier molecular flexibility index (Phi) is 6.52. The number of aryl methyl sites for hydroxylation is 1. The lowest BCUT2D eigenvalue weighted by atomic mass is 10.1. The largest absolute Gasteiger partial charge is 0.302 e. The Labute approximate surface area is 183 Å². The molecule has 0 aliphatic carbocycles. The number of carbonyl (C=O) groups excluding carboxylic acids is 1. The van der Waals surface area contributed by atoms with Crippen LogP contribution in [0.5, 0.6) is 0 Å². The molecule has 31 heavy (non-hydrogen) atoms. The van der Waals surface area contributed by atoms with Gasteiger partial charge in [0.05, 0.1) is 11.3 Å². The van der Waals surface area contributed by atoms with E-state index in [1.54, 1.807) is 18.2 Å². The standard InChI is InChI=1S/C24H19F2N3OS/c25-19-12-10-18(11-13-19)22(30)16-31-24-28-27-23(20-8-4-5-9-21(20)26)29(24)15-14-17-6-2-1-3-7-17/h1-13H,14-16H2. The molecule has 0 spiro atoms. The second kappa shape index (κ2) is 9.66. The Morgan fingerprint density at radius 3 is 2.32 bits per heavy atom. The van der Waals surface area contributed by atoms with Crippen LogP contribution >= 0.6 is 11.8 Å². The number of carbonyl (C=O) groups is 1. The summed E-state index contributed by atoms with van der Waals surface area (Å²) in [5, 5.41) is 8.97. The predicted molar refractivity (Wildman–Crippen MR) is 117 cm³/mol. The maximum atomic E-state index is 14.4. The van der Waals surface area contributed by atoms with Crippen molar-refractivity contribution < 1.29 is 13.6 Å². The highest BCUT2D eigenvalue weighted by molar-refractivity contribution is 7.99. The topological polar surface area (TPSA) is 47.8 Å². The molecule has 1 heterocycles. The predicted octanol–water partition coefficient (Wildman–Crippen LogP) is 5.44. The van der Waals surface area contributed by atoms with E-state index in [0.717, 1.165) is 5.56 Å². The van der Waals surface area contributed by atoms with Crippen molar-refractivity contribution in [2.75, 3.05) is 5.75 Å². The number of nitrogens with zero attached hydrogens (tertiary/aromatic N) is 3.